The predicted molar refractivity (Wildman–Crippen MR) is 64.2 cm³/mol. The van der Waals surface area contributed by atoms with Crippen molar-refractivity contribution >= 4 is 10.9 Å². The zero-order chi connectivity index (χ0) is 12.4. The van der Waals surface area contributed by atoms with E-state index in [4.69, 9.17) is 14.2 Å². The number of pyridine rings is 1. The van der Waals surface area contributed by atoms with Gasteiger partial charge in [0.2, 0.25) is 0 Å². The first-order valence-corrected chi connectivity index (χ1v) is 5.03. The smallest absolute Gasteiger partial charge is 0.252 e. The molecule has 0 aliphatic carbocycles. The van der Waals surface area contributed by atoms with E-state index in [9.17, 15) is 4.79 Å². The number of fused-ring (bicyclic) bond motifs is 1. The number of aromatic nitrogens is 1. The molecule has 1 heterocycles. The second-order valence-electron chi connectivity index (χ2n) is 3.42. The van der Waals surface area contributed by atoms with Crippen LogP contribution in [0.3, 0.4) is 0 Å². The number of ether oxygens (including phenoxy) is 3. The maximum absolute atomic E-state index is 11.5. The minimum absolute atomic E-state index is 0.249. The van der Waals surface area contributed by atoms with Gasteiger partial charge < -0.3 is 19.2 Å². The molecular formula is C12H13NO4. The Hall–Kier alpha value is -2.17. The number of nitrogens with one attached hydrogen (secondary N) is 1. The molecule has 5 nitrogen and oxygen atoms in total. The van der Waals surface area contributed by atoms with Crippen LogP contribution in [0.25, 0.3) is 10.9 Å². The van der Waals surface area contributed by atoms with E-state index in [1.165, 1.54) is 13.2 Å². The first-order valence-electron chi connectivity index (χ1n) is 5.03. The Kier molecular flexibility index (Phi) is 2.91. The zero-order valence-corrected chi connectivity index (χ0v) is 9.87. The summed E-state index contributed by atoms with van der Waals surface area (Å²) in [7, 11) is 4.61. The van der Waals surface area contributed by atoms with Crippen LogP contribution in [0.5, 0.6) is 17.2 Å². The van der Waals surface area contributed by atoms with Gasteiger partial charge in [0, 0.05) is 6.07 Å². The Morgan fingerprint density at radius 1 is 0.941 bits per heavy atom. The number of methoxy groups -OCH3 is 3. The van der Waals surface area contributed by atoms with Gasteiger partial charge in [-0.3, -0.25) is 4.79 Å². The van der Waals surface area contributed by atoms with Crippen LogP contribution in [0.1, 0.15) is 0 Å². The van der Waals surface area contributed by atoms with Gasteiger partial charge in [0.15, 0.2) is 0 Å². The number of hydrogen-bond acceptors (Lipinski definition) is 4. The lowest BCUT2D eigenvalue weighted by Gasteiger charge is -2.12. The molecule has 90 valence electrons. The molecule has 0 spiro atoms. The van der Waals surface area contributed by atoms with Crippen molar-refractivity contribution in [3.63, 3.8) is 0 Å². The average molecular weight is 235 g/mol. The molecule has 0 atom stereocenters. The summed E-state index contributed by atoms with van der Waals surface area (Å²) in [6.07, 6.45) is 0. The highest BCUT2D eigenvalue weighted by Gasteiger charge is 2.13. The molecule has 0 fully saturated rings. The monoisotopic (exact) mass is 235 g/mol. The molecule has 0 bridgehead atoms. The van der Waals surface area contributed by atoms with E-state index >= 15 is 0 Å². The lowest BCUT2D eigenvalue weighted by Crippen LogP contribution is -2.06. The number of benzene rings is 1. The molecule has 17 heavy (non-hydrogen) atoms. The van der Waals surface area contributed by atoms with E-state index in [0.717, 1.165) is 0 Å². The van der Waals surface area contributed by atoms with Gasteiger partial charge in [-0.1, -0.05) is 0 Å². The van der Waals surface area contributed by atoms with Crippen LogP contribution in [-0.2, 0) is 0 Å². The topological polar surface area (TPSA) is 60.6 Å². The van der Waals surface area contributed by atoms with Crippen molar-refractivity contribution in [1.29, 1.82) is 0 Å². The molecular weight excluding hydrogens is 222 g/mol. The minimum atomic E-state index is -0.249. The van der Waals surface area contributed by atoms with Gasteiger partial charge in [0.05, 0.1) is 32.2 Å². The van der Waals surface area contributed by atoms with Crippen LogP contribution >= 0.6 is 0 Å². The summed E-state index contributed by atoms with van der Waals surface area (Å²) in [6, 6.07) is 4.88. The van der Waals surface area contributed by atoms with Crippen molar-refractivity contribution in [3.8, 4) is 17.2 Å². The third kappa shape index (κ3) is 1.80. The molecule has 0 radical (unpaired) electrons. The highest BCUT2D eigenvalue weighted by molar-refractivity contribution is 5.94. The standard InChI is InChI=1S/C12H13NO4/c1-15-7-4-5-8(16-2)12-11(7)9(17-3)6-10(14)13-12/h4-6H,1-3H3,(H,13,14). The Morgan fingerprint density at radius 2 is 1.53 bits per heavy atom. The summed E-state index contributed by atoms with van der Waals surface area (Å²) < 4.78 is 15.6. The summed E-state index contributed by atoms with van der Waals surface area (Å²) in [5.41, 5.74) is 0.317. The fourth-order valence-electron chi connectivity index (χ4n) is 1.78. The van der Waals surface area contributed by atoms with Crippen LogP contribution < -0.4 is 19.8 Å². The molecule has 2 aromatic rings. The number of H-pyrrole nitrogens is 1. The van der Waals surface area contributed by atoms with E-state index in [0.29, 0.717) is 28.2 Å². The second-order valence-corrected chi connectivity index (χ2v) is 3.42. The van der Waals surface area contributed by atoms with E-state index in [1.807, 2.05) is 0 Å². The summed E-state index contributed by atoms with van der Waals surface area (Å²) in [6.45, 7) is 0. The largest absolute Gasteiger partial charge is 0.496 e. The molecule has 0 aliphatic heterocycles. The Morgan fingerprint density at radius 3 is 2.12 bits per heavy atom. The first kappa shape index (κ1) is 11.3. The van der Waals surface area contributed by atoms with Gasteiger partial charge in [-0.2, -0.15) is 0 Å². The van der Waals surface area contributed by atoms with Crippen LogP contribution in [0.2, 0.25) is 0 Å². The average Bonchev–Trinajstić information content (AvgIpc) is 2.36. The first-order chi connectivity index (χ1) is 8.21. The third-order valence-corrected chi connectivity index (χ3v) is 2.55. The summed E-state index contributed by atoms with van der Waals surface area (Å²) in [5, 5.41) is 0.689. The molecule has 0 aliphatic rings. The van der Waals surface area contributed by atoms with Gasteiger partial charge in [0.25, 0.3) is 5.56 Å². The van der Waals surface area contributed by atoms with Crippen molar-refractivity contribution in [3.05, 3.63) is 28.6 Å². The molecule has 2 rings (SSSR count). The van der Waals surface area contributed by atoms with Gasteiger partial charge in [-0.05, 0) is 12.1 Å². The minimum Gasteiger partial charge on any atom is -0.496 e. The maximum atomic E-state index is 11.5. The summed E-state index contributed by atoms with van der Waals surface area (Å²) in [4.78, 5) is 14.2. The van der Waals surface area contributed by atoms with Crippen LogP contribution in [-0.4, -0.2) is 26.3 Å². The van der Waals surface area contributed by atoms with Crippen LogP contribution in [0.15, 0.2) is 23.0 Å². The highest BCUT2D eigenvalue weighted by atomic mass is 16.5. The summed E-state index contributed by atoms with van der Waals surface area (Å²) >= 11 is 0. The van der Waals surface area contributed by atoms with Gasteiger partial charge in [-0.25, -0.2) is 0 Å². The van der Waals surface area contributed by atoms with Gasteiger partial charge in [0.1, 0.15) is 17.2 Å². The SMILES string of the molecule is COc1ccc(OC)c2c(OC)cc(=O)[nH]c12. The Balaban J connectivity index is 2.94. The van der Waals surface area contributed by atoms with Gasteiger partial charge >= 0.3 is 0 Å². The number of aromatic amines is 1. The van der Waals surface area contributed by atoms with Crippen LogP contribution in [0.4, 0.5) is 0 Å². The third-order valence-electron chi connectivity index (χ3n) is 2.55. The highest BCUT2D eigenvalue weighted by Crippen LogP contribution is 2.36. The molecule has 1 aromatic heterocycles. The number of hydrogen-bond donors (Lipinski definition) is 1. The van der Waals surface area contributed by atoms with Crippen molar-refractivity contribution in [2.45, 2.75) is 0 Å². The fourth-order valence-corrected chi connectivity index (χ4v) is 1.78. The van der Waals surface area contributed by atoms with Crippen molar-refractivity contribution in [1.82, 2.24) is 4.98 Å². The van der Waals surface area contributed by atoms with Crippen molar-refractivity contribution < 1.29 is 14.2 Å². The van der Waals surface area contributed by atoms with E-state index in [2.05, 4.69) is 4.98 Å². The summed E-state index contributed by atoms with van der Waals surface area (Å²) in [5.74, 6) is 1.64. The molecule has 1 N–H and O–H groups in total. The van der Waals surface area contributed by atoms with Crippen molar-refractivity contribution in [2.24, 2.45) is 0 Å². The fraction of sp³-hybridized carbons (Fsp3) is 0.250. The predicted octanol–water partition coefficient (Wildman–Crippen LogP) is 1.55. The molecule has 0 saturated carbocycles. The molecule has 0 amide bonds. The molecule has 1 aromatic carbocycles. The second kappa shape index (κ2) is 4.37. The Labute approximate surface area is 97.9 Å². The zero-order valence-electron chi connectivity index (χ0n) is 9.87. The molecule has 0 saturated heterocycles. The maximum Gasteiger partial charge on any atom is 0.252 e. The van der Waals surface area contributed by atoms with Crippen molar-refractivity contribution in [2.75, 3.05) is 21.3 Å². The van der Waals surface area contributed by atoms with E-state index in [-0.39, 0.29) is 5.56 Å². The van der Waals surface area contributed by atoms with Crippen LogP contribution in [0, 0.1) is 0 Å². The molecule has 5 heteroatoms. The quantitative estimate of drug-likeness (QED) is 0.876. The van der Waals surface area contributed by atoms with E-state index in [1.54, 1.807) is 26.4 Å². The molecule has 0 unspecified atom stereocenters. The lowest BCUT2D eigenvalue weighted by atomic mass is 10.1. The van der Waals surface area contributed by atoms with Gasteiger partial charge in [-0.15, -0.1) is 0 Å². The Bertz CT molecular complexity index is 603. The number of rotatable bonds is 3. The normalized spacial score (nSPS) is 10.3. The lowest BCUT2D eigenvalue weighted by molar-refractivity contribution is 0.399. The van der Waals surface area contributed by atoms with E-state index < -0.39 is 0 Å².